The maximum absolute atomic E-state index is 6.00. The van der Waals surface area contributed by atoms with Gasteiger partial charge in [0.1, 0.15) is 6.61 Å². The molecule has 1 aromatic carbocycles. The maximum atomic E-state index is 6.00. The fraction of sp³-hybridized carbons (Fsp3) is 0.652. The SMILES string of the molecule is C(#CCN1CCN(c2ccccc2)CC1)COC1CCN(C2CCC2)CC1. The summed E-state index contributed by atoms with van der Waals surface area (Å²) in [5.74, 6) is 6.55. The van der Waals surface area contributed by atoms with E-state index in [1.54, 1.807) is 0 Å². The van der Waals surface area contributed by atoms with Crippen molar-refractivity contribution in [1.82, 2.24) is 9.80 Å². The molecule has 4 heteroatoms. The van der Waals surface area contributed by atoms with E-state index in [-0.39, 0.29) is 0 Å². The van der Waals surface area contributed by atoms with Crippen molar-refractivity contribution in [3.63, 3.8) is 0 Å². The number of piperazine rings is 1. The molecule has 0 N–H and O–H groups in total. The molecule has 146 valence electrons. The number of hydrogen-bond acceptors (Lipinski definition) is 4. The van der Waals surface area contributed by atoms with Crippen LogP contribution in [0.1, 0.15) is 32.1 Å². The highest BCUT2D eigenvalue weighted by Crippen LogP contribution is 2.27. The molecule has 1 aliphatic carbocycles. The second-order valence-corrected chi connectivity index (χ2v) is 8.08. The lowest BCUT2D eigenvalue weighted by molar-refractivity contribution is 0.00124. The Morgan fingerprint density at radius 2 is 1.59 bits per heavy atom. The zero-order valence-electron chi connectivity index (χ0n) is 16.5. The Kier molecular flexibility index (Phi) is 6.68. The van der Waals surface area contributed by atoms with Crippen LogP contribution in [0.2, 0.25) is 0 Å². The number of benzene rings is 1. The van der Waals surface area contributed by atoms with Gasteiger partial charge in [-0.3, -0.25) is 4.90 Å². The molecule has 1 aromatic rings. The van der Waals surface area contributed by atoms with Crippen LogP contribution in [0.4, 0.5) is 5.69 Å². The largest absolute Gasteiger partial charge is 0.369 e. The molecule has 3 aliphatic rings. The summed E-state index contributed by atoms with van der Waals surface area (Å²) in [5, 5.41) is 0. The van der Waals surface area contributed by atoms with Crippen molar-refractivity contribution in [1.29, 1.82) is 0 Å². The fourth-order valence-electron chi connectivity index (χ4n) is 4.34. The lowest BCUT2D eigenvalue weighted by Gasteiger charge is -2.41. The summed E-state index contributed by atoms with van der Waals surface area (Å²) in [5.41, 5.74) is 1.33. The molecule has 0 spiro atoms. The number of rotatable bonds is 5. The van der Waals surface area contributed by atoms with Gasteiger partial charge in [0, 0.05) is 51.0 Å². The highest BCUT2D eigenvalue weighted by atomic mass is 16.5. The second-order valence-electron chi connectivity index (χ2n) is 8.08. The fourth-order valence-corrected chi connectivity index (χ4v) is 4.34. The summed E-state index contributed by atoms with van der Waals surface area (Å²) in [7, 11) is 0. The van der Waals surface area contributed by atoms with Crippen LogP contribution in [0.5, 0.6) is 0 Å². The smallest absolute Gasteiger partial charge is 0.108 e. The van der Waals surface area contributed by atoms with Crippen LogP contribution in [0, 0.1) is 11.8 Å². The van der Waals surface area contributed by atoms with Gasteiger partial charge < -0.3 is 14.5 Å². The Balaban J connectivity index is 1.09. The van der Waals surface area contributed by atoms with E-state index in [9.17, 15) is 0 Å². The molecule has 2 heterocycles. The zero-order valence-corrected chi connectivity index (χ0v) is 16.5. The van der Waals surface area contributed by atoms with Gasteiger partial charge in [0.15, 0.2) is 0 Å². The van der Waals surface area contributed by atoms with E-state index in [1.165, 1.54) is 50.9 Å². The Morgan fingerprint density at radius 1 is 0.852 bits per heavy atom. The van der Waals surface area contributed by atoms with Gasteiger partial charge >= 0.3 is 0 Å². The van der Waals surface area contributed by atoms with E-state index in [0.717, 1.165) is 38.8 Å². The van der Waals surface area contributed by atoms with Crippen LogP contribution >= 0.6 is 0 Å². The van der Waals surface area contributed by atoms with Crippen molar-refractivity contribution in [3.05, 3.63) is 30.3 Å². The minimum Gasteiger partial charge on any atom is -0.369 e. The molecule has 0 radical (unpaired) electrons. The molecule has 0 unspecified atom stereocenters. The van der Waals surface area contributed by atoms with Crippen molar-refractivity contribution in [2.24, 2.45) is 0 Å². The van der Waals surface area contributed by atoms with Crippen LogP contribution < -0.4 is 4.90 Å². The summed E-state index contributed by atoms with van der Waals surface area (Å²) in [4.78, 5) is 7.58. The van der Waals surface area contributed by atoms with E-state index in [4.69, 9.17) is 4.74 Å². The Bertz CT molecular complexity index is 618. The predicted octanol–water partition coefficient (Wildman–Crippen LogP) is 2.85. The third-order valence-electron chi connectivity index (χ3n) is 6.38. The first kappa shape index (κ1) is 18.8. The lowest BCUT2D eigenvalue weighted by Crippen LogP contribution is -2.46. The van der Waals surface area contributed by atoms with Gasteiger partial charge in [-0.1, -0.05) is 36.5 Å². The average molecular weight is 368 g/mol. The zero-order chi connectivity index (χ0) is 18.3. The molecule has 2 saturated heterocycles. The molecule has 27 heavy (non-hydrogen) atoms. The molecule has 4 rings (SSSR count). The summed E-state index contributed by atoms with van der Waals surface area (Å²) in [6.07, 6.45) is 7.04. The molecule has 3 fully saturated rings. The van der Waals surface area contributed by atoms with Crippen molar-refractivity contribution >= 4 is 5.69 Å². The summed E-state index contributed by atoms with van der Waals surface area (Å²) in [6, 6.07) is 11.6. The second kappa shape index (κ2) is 9.59. The number of anilines is 1. The van der Waals surface area contributed by atoms with Crippen molar-refractivity contribution in [2.45, 2.75) is 44.2 Å². The highest BCUT2D eigenvalue weighted by molar-refractivity contribution is 5.46. The summed E-state index contributed by atoms with van der Waals surface area (Å²) < 4.78 is 6.00. The standard InChI is InChI=1S/C23H33N3O/c1-2-7-21(8-3-1)26-18-16-24(17-19-26)13-4-5-20-27-23-11-14-25(15-12-23)22-9-6-10-22/h1-3,7-8,22-23H,6,9-20H2. The van der Waals surface area contributed by atoms with Crippen LogP contribution in [0.25, 0.3) is 0 Å². The van der Waals surface area contributed by atoms with Crippen LogP contribution in [-0.2, 0) is 4.74 Å². The van der Waals surface area contributed by atoms with Gasteiger partial charge in [0.2, 0.25) is 0 Å². The minimum atomic E-state index is 0.421. The Morgan fingerprint density at radius 3 is 2.26 bits per heavy atom. The van der Waals surface area contributed by atoms with Crippen LogP contribution in [-0.4, -0.2) is 74.4 Å². The van der Waals surface area contributed by atoms with Crippen molar-refractivity contribution in [2.75, 3.05) is 57.3 Å². The van der Waals surface area contributed by atoms with Gasteiger partial charge in [-0.2, -0.15) is 0 Å². The van der Waals surface area contributed by atoms with E-state index in [2.05, 4.69) is 56.9 Å². The van der Waals surface area contributed by atoms with Gasteiger partial charge in [-0.15, -0.1) is 0 Å². The van der Waals surface area contributed by atoms with Gasteiger partial charge in [0.25, 0.3) is 0 Å². The van der Waals surface area contributed by atoms with E-state index in [0.29, 0.717) is 12.7 Å². The third kappa shape index (κ3) is 5.25. The first-order valence-corrected chi connectivity index (χ1v) is 10.7. The van der Waals surface area contributed by atoms with Gasteiger partial charge in [-0.25, -0.2) is 0 Å². The highest BCUT2D eigenvalue weighted by Gasteiger charge is 2.28. The molecule has 1 saturated carbocycles. The molecule has 0 amide bonds. The molecule has 0 atom stereocenters. The van der Waals surface area contributed by atoms with E-state index < -0.39 is 0 Å². The number of piperidine rings is 1. The number of nitrogens with zero attached hydrogens (tertiary/aromatic N) is 3. The minimum absolute atomic E-state index is 0.421. The maximum Gasteiger partial charge on any atom is 0.108 e. The Labute approximate surface area is 164 Å². The van der Waals surface area contributed by atoms with Gasteiger partial charge in [0.05, 0.1) is 12.6 Å². The monoisotopic (exact) mass is 367 g/mol. The van der Waals surface area contributed by atoms with E-state index in [1.807, 2.05) is 0 Å². The molecule has 4 nitrogen and oxygen atoms in total. The molecule has 0 bridgehead atoms. The quantitative estimate of drug-likeness (QED) is 0.745. The molecular weight excluding hydrogens is 334 g/mol. The normalized spacial score (nSPS) is 22.9. The third-order valence-corrected chi connectivity index (χ3v) is 6.38. The topological polar surface area (TPSA) is 19.0 Å². The Hall–Kier alpha value is -1.54. The average Bonchev–Trinajstić information content (AvgIpc) is 2.69. The number of hydrogen-bond donors (Lipinski definition) is 0. The molecule has 2 aliphatic heterocycles. The van der Waals surface area contributed by atoms with Crippen molar-refractivity contribution < 1.29 is 4.74 Å². The number of likely N-dealkylation sites (tertiary alicyclic amines) is 1. The number of ether oxygens (including phenoxy) is 1. The van der Waals surface area contributed by atoms with Crippen LogP contribution in [0.3, 0.4) is 0 Å². The summed E-state index contributed by atoms with van der Waals surface area (Å²) in [6.45, 7) is 8.24. The van der Waals surface area contributed by atoms with E-state index >= 15 is 0 Å². The van der Waals surface area contributed by atoms with Crippen molar-refractivity contribution in [3.8, 4) is 11.8 Å². The van der Waals surface area contributed by atoms with Crippen LogP contribution in [0.15, 0.2) is 30.3 Å². The first-order valence-electron chi connectivity index (χ1n) is 10.7. The summed E-state index contributed by atoms with van der Waals surface area (Å²) >= 11 is 0. The molecular formula is C23H33N3O. The first-order chi connectivity index (χ1) is 13.4. The predicted molar refractivity (Wildman–Crippen MR) is 111 cm³/mol. The number of para-hydroxylation sites is 1. The molecule has 0 aromatic heterocycles. The van der Waals surface area contributed by atoms with Gasteiger partial charge in [-0.05, 0) is 37.8 Å². The lowest BCUT2D eigenvalue weighted by atomic mass is 9.90.